The minimum Gasteiger partial charge on any atom is -0.319 e. The van der Waals surface area contributed by atoms with Crippen LogP contribution >= 0.6 is 0 Å². The highest BCUT2D eigenvalue weighted by Crippen LogP contribution is 2.31. The van der Waals surface area contributed by atoms with Gasteiger partial charge in [0.15, 0.2) is 0 Å². The summed E-state index contributed by atoms with van der Waals surface area (Å²) >= 11 is 0. The Morgan fingerprint density at radius 1 is 1.33 bits per heavy atom. The van der Waals surface area contributed by atoms with Gasteiger partial charge in [-0.2, -0.15) is 5.10 Å². The first kappa shape index (κ1) is 13.6. The maximum absolute atomic E-state index is 4.69. The van der Waals surface area contributed by atoms with Crippen LogP contribution in [0.1, 0.15) is 51.3 Å². The molecular formula is C15H27N3. The number of nitrogens with one attached hydrogen (secondary N) is 1. The Hall–Kier alpha value is -0.830. The van der Waals surface area contributed by atoms with Gasteiger partial charge in [-0.05, 0) is 64.6 Å². The monoisotopic (exact) mass is 249 g/mol. The summed E-state index contributed by atoms with van der Waals surface area (Å²) in [5.41, 5.74) is 1.27. The van der Waals surface area contributed by atoms with Crippen LogP contribution in [-0.4, -0.2) is 23.4 Å². The molecule has 1 heterocycles. The average Bonchev–Trinajstić information content (AvgIpc) is 2.81. The number of hydrogen-bond acceptors (Lipinski definition) is 2. The SMILES string of the molecule is CNCC1CCCCC1Cc1ccn(C(C)C)n1. The molecule has 18 heavy (non-hydrogen) atoms. The van der Waals surface area contributed by atoms with Crippen LogP contribution < -0.4 is 5.32 Å². The van der Waals surface area contributed by atoms with E-state index in [1.165, 1.54) is 31.4 Å². The zero-order valence-electron chi connectivity index (χ0n) is 12.0. The number of rotatable bonds is 5. The highest BCUT2D eigenvalue weighted by molar-refractivity contribution is 5.02. The standard InChI is InChI=1S/C15H27N3/c1-12(2)18-9-8-15(17-18)10-13-6-4-5-7-14(13)11-16-3/h8-9,12-14,16H,4-7,10-11H2,1-3H3. The minimum absolute atomic E-state index is 0.471. The van der Waals surface area contributed by atoms with Gasteiger partial charge in [0.25, 0.3) is 0 Å². The Bertz CT molecular complexity index is 354. The Morgan fingerprint density at radius 2 is 2.06 bits per heavy atom. The molecule has 1 saturated carbocycles. The summed E-state index contributed by atoms with van der Waals surface area (Å²) in [4.78, 5) is 0. The third-order valence-corrected chi connectivity index (χ3v) is 4.20. The first-order valence-corrected chi connectivity index (χ1v) is 7.39. The van der Waals surface area contributed by atoms with Gasteiger partial charge in [-0.25, -0.2) is 0 Å². The summed E-state index contributed by atoms with van der Waals surface area (Å²) in [6.07, 6.45) is 8.85. The normalized spacial score (nSPS) is 24.7. The van der Waals surface area contributed by atoms with E-state index in [1.54, 1.807) is 0 Å². The molecule has 1 aliphatic rings. The van der Waals surface area contributed by atoms with Crippen molar-refractivity contribution in [3.05, 3.63) is 18.0 Å². The van der Waals surface area contributed by atoms with Gasteiger partial charge in [0.05, 0.1) is 5.69 Å². The van der Waals surface area contributed by atoms with E-state index in [4.69, 9.17) is 5.10 Å². The van der Waals surface area contributed by atoms with E-state index in [-0.39, 0.29) is 0 Å². The molecule has 1 aromatic heterocycles. The Balaban J connectivity index is 1.97. The summed E-state index contributed by atoms with van der Waals surface area (Å²) in [6, 6.07) is 2.67. The largest absolute Gasteiger partial charge is 0.319 e. The maximum atomic E-state index is 4.69. The van der Waals surface area contributed by atoms with Gasteiger partial charge < -0.3 is 5.32 Å². The molecule has 0 aromatic carbocycles. The molecule has 2 atom stereocenters. The quantitative estimate of drug-likeness (QED) is 0.869. The van der Waals surface area contributed by atoms with Gasteiger partial charge in [-0.3, -0.25) is 4.68 Å². The van der Waals surface area contributed by atoms with Gasteiger partial charge in [-0.15, -0.1) is 0 Å². The summed E-state index contributed by atoms with van der Waals surface area (Å²) in [7, 11) is 2.07. The molecule has 1 fully saturated rings. The highest BCUT2D eigenvalue weighted by atomic mass is 15.3. The van der Waals surface area contributed by atoms with Crippen molar-refractivity contribution >= 4 is 0 Å². The Labute approximate surface area is 111 Å². The van der Waals surface area contributed by atoms with Crippen LogP contribution in [0, 0.1) is 11.8 Å². The Morgan fingerprint density at radius 3 is 2.67 bits per heavy atom. The molecule has 1 N–H and O–H groups in total. The number of nitrogens with zero attached hydrogens (tertiary/aromatic N) is 2. The summed E-state index contributed by atoms with van der Waals surface area (Å²) in [6.45, 7) is 5.53. The Kier molecular flexibility index (Phi) is 4.81. The number of aromatic nitrogens is 2. The lowest BCUT2D eigenvalue weighted by molar-refractivity contribution is 0.230. The lowest BCUT2D eigenvalue weighted by Crippen LogP contribution is -2.30. The van der Waals surface area contributed by atoms with Gasteiger partial charge in [0, 0.05) is 12.2 Å². The first-order valence-electron chi connectivity index (χ1n) is 7.39. The second-order valence-corrected chi connectivity index (χ2v) is 5.95. The van der Waals surface area contributed by atoms with Crippen molar-refractivity contribution < 1.29 is 0 Å². The van der Waals surface area contributed by atoms with Crippen LogP contribution in [0.25, 0.3) is 0 Å². The maximum Gasteiger partial charge on any atom is 0.0627 e. The van der Waals surface area contributed by atoms with Crippen molar-refractivity contribution in [2.45, 2.75) is 52.0 Å². The topological polar surface area (TPSA) is 29.9 Å². The molecule has 0 amide bonds. The summed E-state index contributed by atoms with van der Waals surface area (Å²) in [5, 5.41) is 8.05. The fourth-order valence-corrected chi connectivity index (χ4v) is 3.13. The fourth-order valence-electron chi connectivity index (χ4n) is 3.13. The van der Waals surface area contributed by atoms with Crippen molar-refractivity contribution in [2.75, 3.05) is 13.6 Å². The number of hydrogen-bond donors (Lipinski definition) is 1. The van der Waals surface area contributed by atoms with Gasteiger partial charge in [0.2, 0.25) is 0 Å². The van der Waals surface area contributed by atoms with Crippen LogP contribution in [0.4, 0.5) is 0 Å². The molecule has 3 nitrogen and oxygen atoms in total. The van der Waals surface area contributed by atoms with E-state index in [0.29, 0.717) is 6.04 Å². The van der Waals surface area contributed by atoms with Crippen molar-refractivity contribution in [1.29, 1.82) is 0 Å². The molecule has 3 heteroatoms. The van der Waals surface area contributed by atoms with Gasteiger partial charge in [0.1, 0.15) is 0 Å². The smallest absolute Gasteiger partial charge is 0.0627 e. The van der Waals surface area contributed by atoms with Crippen molar-refractivity contribution in [3.63, 3.8) is 0 Å². The molecule has 0 saturated heterocycles. The van der Waals surface area contributed by atoms with E-state index in [9.17, 15) is 0 Å². The van der Waals surface area contributed by atoms with E-state index < -0.39 is 0 Å². The average molecular weight is 249 g/mol. The molecule has 102 valence electrons. The second kappa shape index (κ2) is 6.37. The van der Waals surface area contributed by atoms with Crippen LogP contribution in [0.2, 0.25) is 0 Å². The van der Waals surface area contributed by atoms with Crippen molar-refractivity contribution in [1.82, 2.24) is 15.1 Å². The van der Waals surface area contributed by atoms with Gasteiger partial charge >= 0.3 is 0 Å². The van der Waals surface area contributed by atoms with E-state index in [0.717, 1.165) is 24.8 Å². The zero-order chi connectivity index (χ0) is 13.0. The van der Waals surface area contributed by atoms with Crippen LogP contribution in [-0.2, 0) is 6.42 Å². The van der Waals surface area contributed by atoms with E-state index in [2.05, 4.69) is 43.2 Å². The lowest BCUT2D eigenvalue weighted by atomic mass is 9.77. The lowest BCUT2D eigenvalue weighted by Gasteiger charge is -2.31. The highest BCUT2D eigenvalue weighted by Gasteiger charge is 2.25. The van der Waals surface area contributed by atoms with E-state index >= 15 is 0 Å². The molecule has 2 rings (SSSR count). The molecule has 0 aliphatic heterocycles. The summed E-state index contributed by atoms with van der Waals surface area (Å²) in [5.74, 6) is 1.66. The second-order valence-electron chi connectivity index (χ2n) is 5.95. The third-order valence-electron chi connectivity index (χ3n) is 4.20. The first-order chi connectivity index (χ1) is 8.70. The van der Waals surface area contributed by atoms with Gasteiger partial charge in [-0.1, -0.05) is 12.8 Å². The molecular weight excluding hydrogens is 222 g/mol. The molecule has 0 radical (unpaired) electrons. The molecule has 1 aromatic rings. The van der Waals surface area contributed by atoms with Crippen LogP contribution in [0.15, 0.2) is 12.3 Å². The van der Waals surface area contributed by atoms with Crippen LogP contribution in [0.3, 0.4) is 0 Å². The van der Waals surface area contributed by atoms with Crippen molar-refractivity contribution in [2.24, 2.45) is 11.8 Å². The van der Waals surface area contributed by atoms with Crippen LogP contribution in [0.5, 0.6) is 0 Å². The van der Waals surface area contributed by atoms with E-state index in [1.807, 2.05) is 0 Å². The molecule has 2 unspecified atom stereocenters. The fraction of sp³-hybridized carbons (Fsp3) is 0.800. The molecule has 0 spiro atoms. The third kappa shape index (κ3) is 3.35. The predicted octanol–water partition coefficient (Wildman–Crippen LogP) is 3.03. The molecule has 0 bridgehead atoms. The van der Waals surface area contributed by atoms with Crippen molar-refractivity contribution in [3.8, 4) is 0 Å². The molecule has 1 aliphatic carbocycles. The minimum atomic E-state index is 0.471. The predicted molar refractivity (Wildman–Crippen MR) is 75.7 cm³/mol. The zero-order valence-corrected chi connectivity index (χ0v) is 12.0. The summed E-state index contributed by atoms with van der Waals surface area (Å²) < 4.78 is 2.07.